The fraction of sp³-hybridized carbons (Fsp3) is 0.111. The Morgan fingerprint density at radius 3 is 2.50 bits per heavy atom. The molecular formula is C18H15N3O. The van der Waals surface area contributed by atoms with Gasteiger partial charge >= 0.3 is 0 Å². The van der Waals surface area contributed by atoms with Crippen molar-refractivity contribution >= 4 is 21.9 Å². The Bertz CT molecular complexity index is 974. The number of hydrogen-bond acceptors (Lipinski definition) is 3. The number of aryl methyl sites for hydroxylation is 2. The van der Waals surface area contributed by atoms with Gasteiger partial charge in [0.25, 0.3) is 0 Å². The molecule has 2 aromatic carbocycles. The smallest absolute Gasteiger partial charge is 0.162 e. The molecule has 2 heterocycles. The molecule has 0 spiro atoms. The third kappa shape index (κ3) is 1.92. The van der Waals surface area contributed by atoms with Gasteiger partial charge in [-0.2, -0.15) is 5.10 Å². The van der Waals surface area contributed by atoms with Crippen molar-refractivity contribution in [2.45, 2.75) is 6.92 Å². The lowest BCUT2D eigenvalue weighted by atomic mass is 10.1. The standard InChI is InChI=1S/C18H15N3O/c1-12-16-17(22-13-8-4-3-5-9-13)14-10-6-7-11-15(14)19-18(16)21(2)20-12/h3-11H,1-2H3. The molecule has 0 N–H and O–H groups in total. The molecule has 108 valence electrons. The van der Waals surface area contributed by atoms with Crippen LogP contribution in [0.4, 0.5) is 0 Å². The average Bonchev–Trinajstić information content (AvgIpc) is 2.82. The molecule has 0 atom stereocenters. The van der Waals surface area contributed by atoms with E-state index in [-0.39, 0.29) is 0 Å². The second kappa shape index (κ2) is 4.84. The molecular weight excluding hydrogens is 274 g/mol. The molecule has 0 saturated heterocycles. The number of benzene rings is 2. The van der Waals surface area contributed by atoms with Crippen molar-refractivity contribution in [1.29, 1.82) is 0 Å². The summed E-state index contributed by atoms with van der Waals surface area (Å²) in [5, 5.41) is 6.45. The van der Waals surface area contributed by atoms with E-state index in [2.05, 4.69) is 5.10 Å². The first kappa shape index (κ1) is 12.8. The maximum Gasteiger partial charge on any atom is 0.162 e. The Morgan fingerprint density at radius 1 is 0.955 bits per heavy atom. The van der Waals surface area contributed by atoms with Gasteiger partial charge in [0.2, 0.25) is 0 Å². The van der Waals surface area contributed by atoms with Crippen LogP contribution in [0.25, 0.3) is 21.9 Å². The summed E-state index contributed by atoms with van der Waals surface area (Å²) >= 11 is 0. The molecule has 0 amide bonds. The van der Waals surface area contributed by atoms with Crippen molar-refractivity contribution < 1.29 is 4.74 Å². The van der Waals surface area contributed by atoms with Crippen LogP contribution in [0, 0.1) is 6.92 Å². The third-order valence-corrected chi connectivity index (χ3v) is 3.76. The normalized spacial score (nSPS) is 11.2. The Kier molecular flexibility index (Phi) is 2.82. The van der Waals surface area contributed by atoms with E-state index in [1.54, 1.807) is 4.68 Å². The number of ether oxygens (including phenoxy) is 1. The van der Waals surface area contributed by atoms with Gasteiger partial charge in [0.05, 0.1) is 16.6 Å². The van der Waals surface area contributed by atoms with Crippen LogP contribution >= 0.6 is 0 Å². The fourth-order valence-electron chi connectivity index (χ4n) is 2.76. The van der Waals surface area contributed by atoms with Crippen LogP contribution in [0.2, 0.25) is 0 Å². The summed E-state index contributed by atoms with van der Waals surface area (Å²) in [5.41, 5.74) is 2.66. The molecule has 0 aliphatic heterocycles. The lowest BCUT2D eigenvalue weighted by Gasteiger charge is -2.10. The van der Waals surface area contributed by atoms with E-state index in [1.165, 1.54) is 0 Å². The number of rotatable bonds is 2. The summed E-state index contributed by atoms with van der Waals surface area (Å²) in [6, 6.07) is 17.8. The zero-order chi connectivity index (χ0) is 15.1. The first-order valence-electron chi connectivity index (χ1n) is 7.19. The molecule has 4 aromatic rings. The Hall–Kier alpha value is -2.88. The minimum absolute atomic E-state index is 0.809. The number of fused-ring (bicyclic) bond motifs is 2. The lowest BCUT2D eigenvalue weighted by Crippen LogP contribution is -1.94. The quantitative estimate of drug-likeness (QED) is 0.554. The zero-order valence-corrected chi connectivity index (χ0v) is 12.4. The number of aromatic nitrogens is 3. The summed E-state index contributed by atoms with van der Waals surface area (Å²) in [7, 11) is 1.91. The molecule has 0 radical (unpaired) electrons. The van der Waals surface area contributed by atoms with Crippen molar-refractivity contribution in [3.8, 4) is 11.5 Å². The van der Waals surface area contributed by atoms with Crippen molar-refractivity contribution in [3.63, 3.8) is 0 Å². The first-order chi connectivity index (χ1) is 10.7. The van der Waals surface area contributed by atoms with Gasteiger partial charge in [-0.25, -0.2) is 4.98 Å². The molecule has 22 heavy (non-hydrogen) atoms. The van der Waals surface area contributed by atoms with Gasteiger partial charge < -0.3 is 4.74 Å². The Labute approximate surface area is 128 Å². The van der Waals surface area contributed by atoms with Crippen LogP contribution < -0.4 is 4.74 Å². The molecule has 4 rings (SSSR count). The van der Waals surface area contributed by atoms with E-state index in [4.69, 9.17) is 9.72 Å². The van der Waals surface area contributed by atoms with Gasteiger partial charge in [0, 0.05) is 12.4 Å². The second-order valence-corrected chi connectivity index (χ2v) is 5.28. The lowest BCUT2D eigenvalue weighted by molar-refractivity contribution is 0.493. The number of pyridine rings is 1. The highest BCUT2D eigenvalue weighted by Gasteiger charge is 2.17. The van der Waals surface area contributed by atoms with E-state index in [1.807, 2.05) is 68.6 Å². The highest BCUT2D eigenvalue weighted by molar-refractivity contribution is 6.01. The average molecular weight is 289 g/mol. The summed E-state index contributed by atoms with van der Waals surface area (Å²) in [4.78, 5) is 4.72. The minimum Gasteiger partial charge on any atom is -0.456 e. The zero-order valence-electron chi connectivity index (χ0n) is 12.4. The van der Waals surface area contributed by atoms with Gasteiger partial charge in [-0.1, -0.05) is 30.3 Å². The maximum atomic E-state index is 6.21. The summed E-state index contributed by atoms with van der Waals surface area (Å²) in [6.07, 6.45) is 0. The van der Waals surface area contributed by atoms with Crippen molar-refractivity contribution in [3.05, 3.63) is 60.3 Å². The van der Waals surface area contributed by atoms with Crippen LogP contribution in [0.15, 0.2) is 54.6 Å². The molecule has 0 aliphatic rings. The first-order valence-corrected chi connectivity index (χ1v) is 7.19. The van der Waals surface area contributed by atoms with E-state index in [0.29, 0.717) is 0 Å². The summed E-state index contributed by atoms with van der Waals surface area (Å²) in [5.74, 6) is 1.63. The predicted molar refractivity (Wildman–Crippen MR) is 87.3 cm³/mol. The predicted octanol–water partition coefficient (Wildman–Crippen LogP) is 4.22. The van der Waals surface area contributed by atoms with E-state index in [0.717, 1.165) is 39.1 Å². The highest BCUT2D eigenvalue weighted by Crippen LogP contribution is 2.37. The number of para-hydroxylation sites is 2. The minimum atomic E-state index is 0.809. The number of nitrogens with zero attached hydrogens (tertiary/aromatic N) is 3. The van der Waals surface area contributed by atoms with Gasteiger partial charge in [-0.05, 0) is 31.2 Å². The summed E-state index contributed by atoms with van der Waals surface area (Å²) in [6.45, 7) is 1.98. The molecule has 2 aromatic heterocycles. The Morgan fingerprint density at radius 2 is 1.68 bits per heavy atom. The van der Waals surface area contributed by atoms with Crippen LogP contribution in [0.5, 0.6) is 11.5 Å². The van der Waals surface area contributed by atoms with Gasteiger partial charge in [0.1, 0.15) is 11.5 Å². The Balaban J connectivity index is 2.07. The second-order valence-electron chi connectivity index (χ2n) is 5.28. The van der Waals surface area contributed by atoms with Crippen LogP contribution in [-0.4, -0.2) is 14.8 Å². The summed E-state index contributed by atoms with van der Waals surface area (Å²) < 4.78 is 8.01. The van der Waals surface area contributed by atoms with E-state index >= 15 is 0 Å². The van der Waals surface area contributed by atoms with Gasteiger partial charge in [0.15, 0.2) is 5.65 Å². The molecule has 4 heteroatoms. The SMILES string of the molecule is Cc1nn(C)c2nc3ccccc3c(Oc3ccccc3)c12. The maximum absolute atomic E-state index is 6.21. The van der Waals surface area contributed by atoms with E-state index < -0.39 is 0 Å². The van der Waals surface area contributed by atoms with Crippen molar-refractivity contribution in [2.75, 3.05) is 0 Å². The third-order valence-electron chi connectivity index (χ3n) is 3.76. The van der Waals surface area contributed by atoms with Crippen molar-refractivity contribution in [1.82, 2.24) is 14.8 Å². The molecule has 0 unspecified atom stereocenters. The molecule has 0 fully saturated rings. The van der Waals surface area contributed by atoms with Crippen molar-refractivity contribution in [2.24, 2.45) is 7.05 Å². The number of hydrogen-bond donors (Lipinski definition) is 0. The van der Waals surface area contributed by atoms with Crippen LogP contribution in [-0.2, 0) is 7.05 Å². The molecule has 0 aliphatic carbocycles. The molecule has 0 saturated carbocycles. The van der Waals surface area contributed by atoms with Crippen LogP contribution in [0.1, 0.15) is 5.69 Å². The highest BCUT2D eigenvalue weighted by atomic mass is 16.5. The monoisotopic (exact) mass is 289 g/mol. The molecule has 0 bridgehead atoms. The van der Waals surface area contributed by atoms with E-state index in [9.17, 15) is 0 Å². The largest absolute Gasteiger partial charge is 0.456 e. The van der Waals surface area contributed by atoms with Crippen LogP contribution in [0.3, 0.4) is 0 Å². The molecule has 4 nitrogen and oxygen atoms in total. The van der Waals surface area contributed by atoms with Gasteiger partial charge in [-0.15, -0.1) is 0 Å². The topological polar surface area (TPSA) is 39.9 Å². The fourth-order valence-corrected chi connectivity index (χ4v) is 2.76. The van der Waals surface area contributed by atoms with Gasteiger partial charge in [-0.3, -0.25) is 4.68 Å².